The number of halogens is 2. The lowest BCUT2D eigenvalue weighted by Crippen LogP contribution is -2.46. The minimum Gasteiger partial charge on any atom is -0.480 e. The predicted octanol–water partition coefficient (Wildman–Crippen LogP) is 2.45. The number of nitrogens with two attached hydrogens (primary N) is 1. The fourth-order valence-corrected chi connectivity index (χ4v) is 1.49. The molecule has 0 radical (unpaired) electrons. The molecule has 90 valence electrons. The van der Waals surface area contributed by atoms with Gasteiger partial charge in [-0.3, -0.25) is 4.79 Å². The number of hydrogen-bond donors (Lipinski definition) is 2. The van der Waals surface area contributed by atoms with Crippen LogP contribution in [0.2, 0.25) is 5.02 Å². The Balaban J connectivity index is 0.00000225. The van der Waals surface area contributed by atoms with E-state index in [2.05, 4.69) is 0 Å². The molecular formula is C11H15Cl2NO2. The van der Waals surface area contributed by atoms with Crippen molar-refractivity contribution in [2.45, 2.75) is 25.3 Å². The molecule has 0 heterocycles. The molecule has 3 N–H and O–H groups in total. The third kappa shape index (κ3) is 3.11. The van der Waals surface area contributed by atoms with Crippen LogP contribution in [0.5, 0.6) is 0 Å². The average Bonchev–Trinajstić information content (AvgIpc) is 2.17. The molecule has 0 aromatic heterocycles. The van der Waals surface area contributed by atoms with Crippen molar-refractivity contribution in [3.8, 4) is 0 Å². The Morgan fingerprint density at radius 3 is 2.19 bits per heavy atom. The predicted molar refractivity (Wildman–Crippen MR) is 67.3 cm³/mol. The average molecular weight is 264 g/mol. The Bertz CT molecular complexity index is 363. The van der Waals surface area contributed by atoms with Gasteiger partial charge in [0.1, 0.15) is 6.04 Å². The molecule has 0 bridgehead atoms. The van der Waals surface area contributed by atoms with Gasteiger partial charge in [0.15, 0.2) is 0 Å². The molecule has 1 aromatic carbocycles. The van der Waals surface area contributed by atoms with Crippen LogP contribution in [-0.4, -0.2) is 17.1 Å². The number of benzene rings is 1. The lowest BCUT2D eigenvalue weighted by atomic mass is 9.78. The van der Waals surface area contributed by atoms with E-state index in [4.69, 9.17) is 22.4 Å². The summed E-state index contributed by atoms with van der Waals surface area (Å²) in [6.45, 7) is 3.60. The third-order valence-electron chi connectivity index (χ3n) is 2.63. The Morgan fingerprint density at radius 1 is 1.38 bits per heavy atom. The van der Waals surface area contributed by atoms with E-state index in [1.807, 2.05) is 0 Å². The molecule has 5 heteroatoms. The van der Waals surface area contributed by atoms with Gasteiger partial charge < -0.3 is 10.8 Å². The quantitative estimate of drug-likeness (QED) is 0.881. The monoisotopic (exact) mass is 263 g/mol. The van der Waals surface area contributed by atoms with Crippen LogP contribution in [0.3, 0.4) is 0 Å². The van der Waals surface area contributed by atoms with Crippen LogP contribution >= 0.6 is 24.0 Å². The molecule has 0 saturated carbocycles. The molecule has 1 atom stereocenters. The van der Waals surface area contributed by atoms with Crippen LogP contribution in [0, 0.1) is 0 Å². The van der Waals surface area contributed by atoms with Crippen molar-refractivity contribution < 1.29 is 9.90 Å². The number of carboxylic acid groups (broad SMARTS) is 1. The van der Waals surface area contributed by atoms with Gasteiger partial charge in [0.2, 0.25) is 0 Å². The van der Waals surface area contributed by atoms with Gasteiger partial charge in [0.25, 0.3) is 0 Å². The molecule has 3 nitrogen and oxygen atoms in total. The van der Waals surface area contributed by atoms with E-state index in [0.29, 0.717) is 5.02 Å². The Hall–Kier alpha value is -0.770. The second-order valence-electron chi connectivity index (χ2n) is 4.04. The normalized spacial score (nSPS) is 12.8. The lowest BCUT2D eigenvalue weighted by molar-refractivity contribution is -0.140. The number of carboxylic acids is 1. The Kier molecular flexibility index (Phi) is 5.26. The van der Waals surface area contributed by atoms with Crippen molar-refractivity contribution in [2.24, 2.45) is 5.73 Å². The van der Waals surface area contributed by atoms with E-state index in [-0.39, 0.29) is 12.4 Å². The first-order chi connectivity index (χ1) is 6.85. The van der Waals surface area contributed by atoms with E-state index >= 15 is 0 Å². The van der Waals surface area contributed by atoms with Crippen LogP contribution in [0.15, 0.2) is 24.3 Å². The first-order valence-electron chi connectivity index (χ1n) is 4.60. The summed E-state index contributed by atoms with van der Waals surface area (Å²) in [6.07, 6.45) is 0. The van der Waals surface area contributed by atoms with Gasteiger partial charge in [0, 0.05) is 10.4 Å². The minimum absolute atomic E-state index is 0. The van der Waals surface area contributed by atoms with Gasteiger partial charge in [-0.15, -0.1) is 12.4 Å². The van der Waals surface area contributed by atoms with Crippen molar-refractivity contribution >= 4 is 30.0 Å². The fourth-order valence-electron chi connectivity index (χ4n) is 1.37. The minimum atomic E-state index is -1.00. The van der Waals surface area contributed by atoms with Crippen LogP contribution in [0.4, 0.5) is 0 Å². The zero-order valence-corrected chi connectivity index (χ0v) is 10.7. The maximum Gasteiger partial charge on any atom is 0.321 e. The summed E-state index contributed by atoms with van der Waals surface area (Å²) in [7, 11) is 0. The first kappa shape index (κ1) is 15.2. The number of hydrogen-bond acceptors (Lipinski definition) is 2. The summed E-state index contributed by atoms with van der Waals surface area (Å²) in [5.41, 5.74) is 5.88. The third-order valence-corrected chi connectivity index (χ3v) is 2.88. The highest BCUT2D eigenvalue weighted by Gasteiger charge is 2.33. The molecule has 0 aliphatic heterocycles. The van der Waals surface area contributed by atoms with Crippen LogP contribution in [-0.2, 0) is 10.2 Å². The van der Waals surface area contributed by atoms with Gasteiger partial charge in [-0.25, -0.2) is 0 Å². The largest absolute Gasteiger partial charge is 0.480 e. The molecule has 16 heavy (non-hydrogen) atoms. The summed E-state index contributed by atoms with van der Waals surface area (Å²) in [6, 6.07) is 6.12. The van der Waals surface area contributed by atoms with Crippen LogP contribution in [0.1, 0.15) is 19.4 Å². The van der Waals surface area contributed by atoms with E-state index in [1.54, 1.807) is 38.1 Å². The number of aliphatic carboxylic acids is 1. The molecule has 0 aliphatic carbocycles. The summed E-state index contributed by atoms with van der Waals surface area (Å²) >= 11 is 5.76. The molecule has 0 spiro atoms. The van der Waals surface area contributed by atoms with Crippen LogP contribution < -0.4 is 5.73 Å². The molecule has 0 fully saturated rings. The summed E-state index contributed by atoms with van der Waals surface area (Å²) in [5, 5.41) is 9.51. The second-order valence-corrected chi connectivity index (χ2v) is 4.48. The van der Waals surface area contributed by atoms with Gasteiger partial charge >= 0.3 is 5.97 Å². The van der Waals surface area contributed by atoms with Gasteiger partial charge in [-0.2, -0.15) is 0 Å². The fraction of sp³-hybridized carbons (Fsp3) is 0.364. The van der Waals surface area contributed by atoms with E-state index < -0.39 is 17.4 Å². The smallest absolute Gasteiger partial charge is 0.321 e. The molecule has 0 amide bonds. The van der Waals surface area contributed by atoms with E-state index in [0.717, 1.165) is 5.56 Å². The summed E-state index contributed by atoms with van der Waals surface area (Å²) in [4.78, 5) is 10.8. The van der Waals surface area contributed by atoms with Crippen molar-refractivity contribution in [3.05, 3.63) is 34.9 Å². The van der Waals surface area contributed by atoms with Crippen molar-refractivity contribution in [1.29, 1.82) is 0 Å². The van der Waals surface area contributed by atoms with Crippen molar-refractivity contribution in [1.82, 2.24) is 0 Å². The van der Waals surface area contributed by atoms with E-state index in [1.165, 1.54) is 0 Å². The molecular weight excluding hydrogens is 249 g/mol. The topological polar surface area (TPSA) is 63.3 Å². The van der Waals surface area contributed by atoms with Gasteiger partial charge in [0.05, 0.1) is 0 Å². The molecule has 1 aromatic rings. The Labute approximate surface area is 106 Å². The SMILES string of the molecule is CC(C)(c1ccc(Cl)cc1)[C@H](N)C(=O)O.Cl. The Morgan fingerprint density at radius 2 is 1.81 bits per heavy atom. The summed E-state index contributed by atoms with van der Waals surface area (Å²) in [5.74, 6) is -1.00. The van der Waals surface area contributed by atoms with Gasteiger partial charge in [-0.05, 0) is 17.7 Å². The maximum atomic E-state index is 10.8. The highest BCUT2D eigenvalue weighted by molar-refractivity contribution is 6.30. The zero-order chi connectivity index (χ0) is 11.6. The van der Waals surface area contributed by atoms with E-state index in [9.17, 15) is 4.79 Å². The molecule has 1 rings (SSSR count). The molecule has 0 unspecified atom stereocenters. The van der Waals surface area contributed by atoms with Crippen molar-refractivity contribution in [2.75, 3.05) is 0 Å². The zero-order valence-electron chi connectivity index (χ0n) is 9.11. The van der Waals surface area contributed by atoms with Gasteiger partial charge in [-0.1, -0.05) is 37.6 Å². The summed E-state index contributed by atoms with van der Waals surface area (Å²) < 4.78 is 0. The van der Waals surface area contributed by atoms with Crippen LogP contribution in [0.25, 0.3) is 0 Å². The molecule has 0 saturated heterocycles. The number of carbonyl (C=O) groups is 1. The first-order valence-corrected chi connectivity index (χ1v) is 4.98. The number of rotatable bonds is 3. The maximum absolute atomic E-state index is 10.8. The highest BCUT2D eigenvalue weighted by atomic mass is 35.5. The second kappa shape index (κ2) is 5.53. The standard InChI is InChI=1S/C11H14ClNO2.ClH/c1-11(2,9(13)10(14)15)7-3-5-8(12)6-4-7;/h3-6,9H,13H2,1-2H3,(H,14,15);1H/t9-;/m1./s1. The highest BCUT2D eigenvalue weighted by Crippen LogP contribution is 2.27. The molecule has 0 aliphatic rings. The van der Waals surface area contributed by atoms with Crippen molar-refractivity contribution in [3.63, 3.8) is 0 Å². The lowest BCUT2D eigenvalue weighted by Gasteiger charge is -2.29.